The number of hydrogen-bond donors (Lipinski definition) is 1. The molecule has 5 nitrogen and oxygen atoms in total. The minimum atomic E-state index is 0.234. The lowest BCUT2D eigenvalue weighted by molar-refractivity contribution is -0.131. The largest absolute Gasteiger partial charge is 0.352 e. The highest BCUT2D eigenvalue weighted by Gasteiger charge is 2.29. The van der Waals surface area contributed by atoms with E-state index in [2.05, 4.69) is 10.2 Å². The highest BCUT2D eigenvalue weighted by molar-refractivity contribution is 5.80. The van der Waals surface area contributed by atoms with Gasteiger partial charge >= 0.3 is 0 Å². The van der Waals surface area contributed by atoms with E-state index in [1.165, 1.54) is 6.42 Å². The minimum Gasteiger partial charge on any atom is -0.352 e. The monoisotopic (exact) mass is 293 g/mol. The number of piperidine rings is 1. The Kier molecular flexibility index (Phi) is 4.78. The van der Waals surface area contributed by atoms with E-state index in [4.69, 9.17) is 0 Å². The van der Waals surface area contributed by atoms with E-state index < -0.39 is 0 Å². The van der Waals surface area contributed by atoms with Crippen LogP contribution in [0.5, 0.6) is 0 Å². The first kappa shape index (κ1) is 14.8. The summed E-state index contributed by atoms with van der Waals surface area (Å²) in [5, 5.41) is 3.19. The molecule has 1 atom stereocenters. The fourth-order valence-electron chi connectivity index (χ4n) is 3.56. The van der Waals surface area contributed by atoms with Gasteiger partial charge in [-0.05, 0) is 45.1 Å². The molecule has 1 N–H and O–H groups in total. The van der Waals surface area contributed by atoms with Gasteiger partial charge in [0.1, 0.15) is 0 Å². The number of nitrogens with zero attached hydrogens (tertiary/aromatic N) is 2. The highest BCUT2D eigenvalue weighted by atomic mass is 16.2. The van der Waals surface area contributed by atoms with Crippen molar-refractivity contribution in [2.75, 3.05) is 32.7 Å². The second kappa shape index (κ2) is 6.77. The molecule has 0 spiro atoms. The van der Waals surface area contributed by atoms with Crippen LogP contribution in [-0.2, 0) is 9.59 Å². The lowest BCUT2D eigenvalue weighted by atomic mass is 9.84. The van der Waals surface area contributed by atoms with Crippen molar-refractivity contribution in [3.63, 3.8) is 0 Å². The molecule has 2 aliphatic heterocycles. The van der Waals surface area contributed by atoms with Gasteiger partial charge in [0.2, 0.25) is 11.8 Å². The molecule has 0 aromatic carbocycles. The van der Waals surface area contributed by atoms with Crippen LogP contribution in [0.1, 0.15) is 44.9 Å². The Morgan fingerprint density at radius 2 is 1.71 bits per heavy atom. The van der Waals surface area contributed by atoms with Crippen LogP contribution in [0.2, 0.25) is 0 Å². The smallest absolute Gasteiger partial charge is 0.236 e. The molecule has 21 heavy (non-hydrogen) atoms. The van der Waals surface area contributed by atoms with Gasteiger partial charge in [-0.2, -0.15) is 0 Å². The van der Waals surface area contributed by atoms with Crippen molar-refractivity contribution in [3.8, 4) is 0 Å². The SMILES string of the molecule is O=C(NC1CCCN(CC(=O)N2CCCC2)C1)C1CCC1. The summed E-state index contributed by atoms with van der Waals surface area (Å²) in [6.07, 6.45) is 7.71. The summed E-state index contributed by atoms with van der Waals surface area (Å²) in [7, 11) is 0. The Balaban J connectivity index is 1.43. The summed E-state index contributed by atoms with van der Waals surface area (Å²) in [4.78, 5) is 28.4. The molecule has 3 fully saturated rings. The first-order valence-corrected chi connectivity index (χ1v) is 8.53. The number of carbonyl (C=O) groups is 2. The predicted octanol–water partition coefficient (Wildman–Crippen LogP) is 0.989. The fourth-order valence-corrected chi connectivity index (χ4v) is 3.56. The Bertz CT molecular complexity index is 389. The van der Waals surface area contributed by atoms with Crippen molar-refractivity contribution in [2.45, 2.75) is 51.0 Å². The molecular formula is C16H27N3O2. The van der Waals surface area contributed by atoms with E-state index >= 15 is 0 Å². The Morgan fingerprint density at radius 3 is 2.38 bits per heavy atom. The quantitative estimate of drug-likeness (QED) is 0.841. The third-order valence-corrected chi connectivity index (χ3v) is 5.15. The molecule has 2 heterocycles. The third kappa shape index (κ3) is 3.76. The molecule has 3 rings (SSSR count). The van der Waals surface area contributed by atoms with Crippen molar-refractivity contribution in [3.05, 3.63) is 0 Å². The zero-order valence-corrected chi connectivity index (χ0v) is 12.9. The van der Waals surface area contributed by atoms with Crippen LogP contribution in [0.15, 0.2) is 0 Å². The van der Waals surface area contributed by atoms with E-state index in [1.54, 1.807) is 0 Å². The second-order valence-corrected chi connectivity index (χ2v) is 6.80. The third-order valence-electron chi connectivity index (χ3n) is 5.15. The molecule has 2 saturated heterocycles. The standard InChI is InChI=1S/C16H27N3O2/c20-15(19-9-1-2-10-19)12-18-8-4-7-14(11-18)17-16(21)13-5-3-6-13/h13-14H,1-12H2,(H,17,21). The number of hydrogen-bond acceptors (Lipinski definition) is 3. The van der Waals surface area contributed by atoms with E-state index in [-0.39, 0.29) is 23.8 Å². The zero-order valence-electron chi connectivity index (χ0n) is 12.9. The van der Waals surface area contributed by atoms with Gasteiger partial charge in [0.05, 0.1) is 6.54 Å². The average Bonchev–Trinajstić information content (AvgIpc) is 2.90. The summed E-state index contributed by atoms with van der Waals surface area (Å²) in [5.41, 5.74) is 0. The van der Waals surface area contributed by atoms with E-state index in [9.17, 15) is 9.59 Å². The van der Waals surface area contributed by atoms with Crippen LogP contribution in [0.25, 0.3) is 0 Å². The van der Waals surface area contributed by atoms with E-state index in [0.717, 1.165) is 64.7 Å². The molecule has 0 aromatic heterocycles. The molecule has 0 aromatic rings. The highest BCUT2D eigenvalue weighted by Crippen LogP contribution is 2.26. The molecular weight excluding hydrogens is 266 g/mol. The van der Waals surface area contributed by atoms with Gasteiger partial charge in [0.25, 0.3) is 0 Å². The van der Waals surface area contributed by atoms with Crippen molar-refractivity contribution in [1.29, 1.82) is 0 Å². The van der Waals surface area contributed by atoms with Gasteiger partial charge in [-0.15, -0.1) is 0 Å². The number of rotatable bonds is 4. The number of likely N-dealkylation sites (tertiary alicyclic amines) is 2. The predicted molar refractivity (Wildman–Crippen MR) is 80.8 cm³/mol. The number of amides is 2. The molecule has 0 bridgehead atoms. The van der Waals surface area contributed by atoms with Gasteiger partial charge < -0.3 is 10.2 Å². The van der Waals surface area contributed by atoms with Crippen LogP contribution < -0.4 is 5.32 Å². The molecule has 1 saturated carbocycles. The summed E-state index contributed by atoms with van der Waals surface area (Å²) >= 11 is 0. The molecule has 118 valence electrons. The molecule has 1 aliphatic carbocycles. The Hall–Kier alpha value is -1.10. The van der Waals surface area contributed by atoms with Crippen LogP contribution in [0.4, 0.5) is 0 Å². The normalized spacial score (nSPS) is 27.4. The maximum absolute atomic E-state index is 12.2. The first-order valence-electron chi connectivity index (χ1n) is 8.53. The minimum absolute atomic E-state index is 0.234. The van der Waals surface area contributed by atoms with Crippen LogP contribution in [-0.4, -0.2) is 60.4 Å². The van der Waals surface area contributed by atoms with Crippen molar-refractivity contribution >= 4 is 11.8 Å². The maximum Gasteiger partial charge on any atom is 0.236 e. The van der Waals surface area contributed by atoms with Gasteiger partial charge in [0.15, 0.2) is 0 Å². The molecule has 5 heteroatoms. The summed E-state index contributed by atoms with van der Waals surface area (Å²) in [5.74, 6) is 0.754. The van der Waals surface area contributed by atoms with Crippen molar-refractivity contribution in [1.82, 2.24) is 15.1 Å². The van der Waals surface area contributed by atoms with Gasteiger partial charge in [-0.3, -0.25) is 14.5 Å². The molecule has 1 unspecified atom stereocenters. The Morgan fingerprint density at radius 1 is 0.952 bits per heavy atom. The number of nitrogens with one attached hydrogen (secondary N) is 1. The second-order valence-electron chi connectivity index (χ2n) is 6.80. The lowest BCUT2D eigenvalue weighted by Gasteiger charge is -2.35. The fraction of sp³-hybridized carbons (Fsp3) is 0.875. The van der Waals surface area contributed by atoms with Gasteiger partial charge in [-0.25, -0.2) is 0 Å². The van der Waals surface area contributed by atoms with Crippen LogP contribution in [0.3, 0.4) is 0 Å². The maximum atomic E-state index is 12.2. The molecule has 0 radical (unpaired) electrons. The molecule has 3 aliphatic rings. The van der Waals surface area contributed by atoms with Gasteiger partial charge in [0, 0.05) is 31.6 Å². The lowest BCUT2D eigenvalue weighted by Crippen LogP contribution is -2.51. The average molecular weight is 293 g/mol. The van der Waals surface area contributed by atoms with E-state index in [1.807, 2.05) is 4.90 Å². The van der Waals surface area contributed by atoms with Crippen molar-refractivity contribution < 1.29 is 9.59 Å². The topological polar surface area (TPSA) is 52.7 Å². The van der Waals surface area contributed by atoms with Crippen LogP contribution >= 0.6 is 0 Å². The zero-order chi connectivity index (χ0) is 14.7. The first-order chi connectivity index (χ1) is 10.2. The summed E-state index contributed by atoms with van der Waals surface area (Å²) < 4.78 is 0. The summed E-state index contributed by atoms with van der Waals surface area (Å²) in [6.45, 7) is 4.19. The van der Waals surface area contributed by atoms with Crippen molar-refractivity contribution in [2.24, 2.45) is 5.92 Å². The number of carbonyl (C=O) groups excluding carboxylic acids is 2. The van der Waals surface area contributed by atoms with Crippen LogP contribution in [0, 0.1) is 5.92 Å². The molecule has 2 amide bonds. The summed E-state index contributed by atoms with van der Waals surface area (Å²) in [6, 6.07) is 0.234. The van der Waals surface area contributed by atoms with Gasteiger partial charge in [-0.1, -0.05) is 6.42 Å². The van der Waals surface area contributed by atoms with E-state index in [0.29, 0.717) is 6.54 Å². The Labute approximate surface area is 127 Å².